The smallest absolute Gasteiger partial charge is 0.104 e. The van der Waals surface area contributed by atoms with Crippen molar-refractivity contribution in [3.05, 3.63) is 181 Å². The predicted molar refractivity (Wildman–Crippen MR) is 216 cm³/mol. The van der Waals surface area contributed by atoms with Crippen LogP contribution in [0.1, 0.15) is 11.1 Å². The summed E-state index contributed by atoms with van der Waals surface area (Å²) in [7, 11) is 0. The first-order chi connectivity index (χ1) is 25.7. The van der Waals surface area contributed by atoms with Crippen LogP contribution < -0.4 is 0 Å². The molecule has 52 heavy (non-hydrogen) atoms. The fourth-order valence-electron chi connectivity index (χ4n) is 8.09. The summed E-state index contributed by atoms with van der Waals surface area (Å²) in [6, 6.07) is 61.9. The predicted octanol–water partition coefficient (Wildman–Crippen LogP) is 12.2. The van der Waals surface area contributed by atoms with E-state index in [-0.39, 0.29) is 0 Å². The Morgan fingerprint density at radius 2 is 0.942 bits per heavy atom. The van der Waals surface area contributed by atoms with E-state index in [4.69, 9.17) is 5.41 Å². The molecule has 0 aliphatic carbocycles. The molecule has 242 valence electrons. The molecule has 0 saturated heterocycles. The number of nitriles is 1. The maximum atomic E-state index is 11.2. The minimum absolute atomic E-state index is 0.541. The van der Waals surface area contributed by atoms with Crippen LogP contribution in [0, 0.1) is 16.7 Å². The van der Waals surface area contributed by atoms with Gasteiger partial charge >= 0.3 is 0 Å². The monoisotopic (exact) mass is 662 g/mol. The van der Waals surface area contributed by atoms with Crippen LogP contribution in [-0.2, 0) is 0 Å². The molecule has 2 aromatic heterocycles. The molecule has 0 radical (unpaired) electrons. The Morgan fingerprint density at radius 1 is 0.442 bits per heavy atom. The molecule has 2 heterocycles. The van der Waals surface area contributed by atoms with E-state index in [9.17, 15) is 5.26 Å². The van der Waals surface area contributed by atoms with Crippen LogP contribution in [0.4, 0.5) is 0 Å². The molecule has 1 N–H and O–H groups in total. The number of nitrogens with one attached hydrogen (secondary N) is 1. The molecule has 0 unspecified atom stereocenters. The van der Waals surface area contributed by atoms with Crippen molar-refractivity contribution in [2.45, 2.75) is 0 Å². The van der Waals surface area contributed by atoms with E-state index in [1.165, 1.54) is 17.0 Å². The number of hydrogen-bond donors (Lipinski definition) is 1. The lowest BCUT2D eigenvalue weighted by molar-refractivity contribution is 1.12. The number of para-hydroxylation sites is 1. The molecular formula is C48H30N4. The Hall–Kier alpha value is -7.22. The molecule has 0 aliphatic rings. The van der Waals surface area contributed by atoms with Gasteiger partial charge in [0.2, 0.25) is 0 Å². The highest BCUT2D eigenvalue weighted by Gasteiger charge is 2.23. The van der Waals surface area contributed by atoms with Gasteiger partial charge in [-0.1, -0.05) is 121 Å². The zero-order valence-electron chi connectivity index (χ0n) is 28.1. The fourth-order valence-corrected chi connectivity index (χ4v) is 8.09. The maximum Gasteiger partial charge on any atom is 0.104 e. The summed E-state index contributed by atoms with van der Waals surface area (Å²) < 4.78 is 4.42. The van der Waals surface area contributed by atoms with Gasteiger partial charge in [-0.2, -0.15) is 5.26 Å². The third-order valence-corrected chi connectivity index (χ3v) is 10.4. The molecule has 0 amide bonds. The average molecular weight is 663 g/mol. The number of fused-ring (bicyclic) bond motifs is 8. The summed E-state index contributed by atoms with van der Waals surface area (Å²) in [4.78, 5) is 0. The van der Waals surface area contributed by atoms with E-state index >= 15 is 0 Å². The standard InChI is InChI=1S/C48H30N4/c49-29-31-25-46(41(30-50)47(26-31)52-42-18-10-9-17-38(42)48-37-16-8-7-15-34(37)19-24-45(48)52)51-43-22-20-35(32-11-3-1-4-12-32)27-39(43)40-28-36(21-23-44(40)51)33-13-5-2-6-14-33/h1-29,49H. The zero-order valence-corrected chi connectivity index (χ0v) is 28.1. The van der Waals surface area contributed by atoms with Gasteiger partial charge in [-0.3, -0.25) is 0 Å². The molecule has 0 spiro atoms. The van der Waals surface area contributed by atoms with Gasteiger partial charge in [0.25, 0.3) is 0 Å². The van der Waals surface area contributed by atoms with Crippen LogP contribution in [0.2, 0.25) is 0 Å². The lowest BCUT2D eigenvalue weighted by Crippen LogP contribution is -2.06. The maximum absolute atomic E-state index is 11.2. The van der Waals surface area contributed by atoms with Crippen molar-refractivity contribution in [1.29, 1.82) is 10.7 Å². The van der Waals surface area contributed by atoms with Gasteiger partial charge in [0.15, 0.2) is 0 Å². The molecular weight excluding hydrogens is 633 g/mol. The van der Waals surface area contributed by atoms with E-state index in [1.54, 1.807) is 0 Å². The van der Waals surface area contributed by atoms with Gasteiger partial charge in [-0.25, -0.2) is 0 Å². The lowest BCUT2D eigenvalue weighted by atomic mass is 10.0. The highest BCUT2D eigenvalue weighted by Crippen LogP contribution is 2.41. The summed E-state index contributed by atoms with van der Waals surface area (Å²) in [6.07, 6.45) is 1.38. The van der Waals surface area contributed by atoms with Crippen LogP contribution in [0.25, 0.3) is 88.0 Å². The van der Waals surface area contributed by atoms with E-state index < -0.39 is 0 Å². The molecule has 0 atom stereocenters. The first-order valence-electron chi connectivity index (χ1n) is 17.4. The molecule has 10 rings (SSSR count). The van der Waals surface area contributed by atoms with Crippen molar-refractivity contribution in [1.82, 2.24) is 9.13 Å². The van der Waals surface area contributed by atoms with Gasteiger partial charge < -0.3 is 14.5 Å². The summed E-state index contributed by atoms with van der Waals surface area (Å²) in [5, 5.41) is 26.5. The average Bonchev–Trinajstić information content (AvgIpc) is 3.73. The fraction of sp³-hybridized carbons (Fsp3) is 0. The van der Waals surface area contributed by atoms with E-state index in [2.05, 4.69) is 161 Å². The number of nitrogens with zero attached hydrogens (tertiary/aromatic N) is 3. The third-order valence-electron chi connectivity index (χ3n) is 10.4. The second-order valence-corrected chi connectivity index (χ2v) is 13.3. The number of rotatable bonds is 5. The van der Waals surface area contributed by atoms with Crippen molar-refractivity contribution < 1.29 is 0 Å². The zero-order chi connectivity index (χ0) is 34.8. The normalized spacial score (nSPS) is 11.5. The van der Waals surface area contributed by atoms with Crippen LogP contribution in [-0.4, -0.2) is 15.3 Å². The van der Waals surface area contributed by atoms with Crippen molar-refractivity contribution in [2.24, 2.45) is 0 Å². The van der Waals surface area contributed by atoms with Gasteiger partial charge in [0.1, 0.15) is 11.6 Å². The van der Waals surface area contributed by atoms with Crippen LogP contribution in [0.3, 0.4) is 0 Å². The Kier molecular flexibility index (Phi) is 6.67. The Balaban J connectivity index is 1.31. The van der Waals surface area contributed by atoms with E-state index in [0.29, 0.717) is 11.1 Å². The Bertz CT molecular complexity index is 2990. The summed E-state index contributed by atoms with van der Waals surface area (Å²) >= 11 is 0. The number of aromatic nitrogens is 2. The van der Waals surface area contributed by atoms with Crippen molar-refractivity contribution >= 4 is 60.6 Å². The first-order valence-corrected chi connectivity index (χ1v) is 17.4. The van der Waals surface area contributed by atoms with Crippen molar-refractivity contribution in [3.8, 4) is 39.7 Å². The topological polar surface area (TPSA) is 57.5 Å². The summed E-state index contributed by atoms with van der Waals surface area (Å²) in [5.41, 5.74) is 11.3. The first kappa shape index (κ1) is 29.7. The quantitative estimate of drug-likeness (QED) is 0.183. The van der Waals surface area contributed by atoms with Crippen LogP contribution in [0.5, 0.6) is 0 Å². The minimum atomic E-state index is 0.541. The second-order valence-electron chi connectivity index (χ2n) is 13.3. The molecule has 0 fully saturated rings. The third kappa shape index (κ3) is 4.43. The van der Waals surface area contributed by atoms with E-state index in [0.717, 1.165) is 77.2 Å². The minimum Gasteiger partial charge on any atom is -0.308 e. The van der Waals surface area contributed by atoms with Crippen molar-refractivity contribution in [2.75, 3.05) is 0 Å². The van der Waals surface area contributed by atoms with Crippen molar-refractivity contribution in [3.63, 3.8) is 0 Å². The molecule has 4 heteroatoms. The lowest BCUT2D eigenvalue weighted by Gasteiger charge is -2.17. The molecule has 0 saturated carbocycles. The van der Waals surface area contributed by atoms with Crippen LogP contribution in [0.15, 0.2) is 170 Å². The highest BCUT2D eigenvalue weighted by atomic mass is 15.0. The molecule has 0 aliphatic heterocycles. The Morgan fingerprint density at radius 3 is 1.54 bits per heavy atom. The van der Waals surface area contributed by atoms with E-state index in [1.807, 2.05) is 24.3 Å². The highest BCUT2D eigenvalue weighted by molar-refractivity contribution is 6.21. The van der Waals surface area contributed by atoms with Gasteiger partial charge in [0, 0.05) is 27.8 Å². The molecule has 4 nitrogen and oxygen atoms in total. The van der Waals surface area contributed by atoms with Crippen LogP contribution >= 0.6 is 0 Å². The SMILES string of the molecule is N#Cc1c(-n2c3ccc(-c4ccccc4)cc3c3cc(-c4ccccc4)ccc32)cc(C=N)cc1-n1c2ccccc2c2c3ccccc3ccc21. The van der Waals surface area contributed by atoms with Gasteiger partial charge in [-0.05, 0) is 87.1 Å². The van der Waals surface area contributed by atoms with Gasteiger partial charge in [0.05, 0.1) is 33.4 Å². The summed E-state index contributed by atoms with van der Waals surface area (Å²) in [6.45, 7) is 0. The molecule has 0 bridgehead atoms. The summed E-state index contributed by atoms with van der Waals surface area (Å²) in [5.74, 6) is 0. The van der Waals surface area contributed by atoms with Gasteiger partial charge in [-0.15, -0.1) is 0 Å². The second kappa shape index (κ2) is 11.7. The molecule has 8 aromatic carbocycles. The largest absolute Gasteiger partial charge is 0.308 e. The number of benzene rings is 8. The Labute approximate surface area is 300 Å². The number of hydrogen-bond acceptors (Lipinski definition) is 2. The molecule has 10 aromatic rings.